The fourth-order valence-corrected chi connectivity index (χ4v) is 3.04. The van der Waals surface area contributed by atoms with Crippen molar-refractivity contribution in [2.45, 2.75) is 38.3 Å². The Morgan fingerprint density at radius 3 is 2.76 bits per heavy atom. The van der Waals surface area contributed by atoms with Crippen LogP contribution in [0.5, 0.6) is 0 Å². The smallest absolute Gasteiger partial charge is 0.225 e. The van der Waals surface area contributed by atoms with Crippen molar-refractivity contribution in [3.05, 3.63) is 34.9 Å². The minimum absolute atomic E-state index is 0.0620. The van der Waals surface area contributed by atoms with E-state index in [0.29, 0.717) is 24.5 Å². The lowest BCUT2D eigenvalue weighted by Gasteiger charge is -2.26. The number of nitrogens with one attached hydrogen (secondary N) is 1. The monoisotopic (exact) mass is 306 g/mol. The number of rotatable bonds is 4. The summed E-state index contributed by atoms with van der Waals surface area (Å²) in [5, 5.41) is 3.68. The van der Waals surface area contributed by atoms with Gasteiger partial charge >= 0.3 is 0 Å². The van der Waals surface area contributed by atoms with Gasteiger partial charge in [0.05, 0.1) is 6.04 Å². The highest BCUT2D eigenvalue weighted by Crippen LogP contribution is 2.27. The van der Waals surface area contributed by atoms with E-state index in [1.807, 2.05) is 24.3 Å². The Bertz CT molecular complexity index is 557. The molecule has 1 heterocycles. The fraction of sp³-hybridized carbons (Fsp3) is 0.500. The first kappa shape index (κ1) is 14.4. The summed E-state index contributed by atoms with van der Waals surface area (Å²) in [5.74, 6) is 0.352. The van der Waals surface area contributed by atoms with E-state index in [1.165, 1.54) is 0 Å². The van der Waals surface area contributed by atoms with Gasteiger partial charge < -0.3 is 10.2 Å². The zero-order chi connectivity index (χ0) is 14.8. The molecule has 1 saturated carbocycles. The maximum absolute atomic E-state index is 12.1. The summed E-state index contributed by atoms with van der Waals surface area (Å²) < 4.78 is 0. The SMILES string of the molecule is O=C(NC1CC(=O)N(Cc2ccccc2Cl)C1)C1CCC1. The molecule has 21 heavy (non-hydrogen) atoms. The van der Waals surface area contributed by atoms with Gasteiger partial charge in [0.1, 0.15) is 0 Å². The van der Waals surface area contributed by atoms with Gasteiger partial charge in [-0.25, -0.2) is 0 Å². The Morgan fingerprint density at radius 2 is 2.10 bits per heavy atom. The molecule has 2 amide bonds. The third-order valence-corrected chi connectivity index (χ3v) is 4.72. The molecule has 1 saturated heterocycles. The maximum atomic E-state index is 12.1. The van der Waals surface area contributed by atoms with Crippen LogP contribution in [0, 0.1) is 5.92 Å². The number of carbonyl (C=O) groups excluding carboxylic acids is 2. The molecule has 0 bridgehead atoms. The predicted octanol–water partition coefficient (Wildman–Crippen LogP) is 2.36. The average molecular weight is 307 g/mol. The van der Waals surface area contributed by atoms with E-state index in [0.717, 1.165) is 24.8 Å². The van der Waals surface area contributed by atoms with Crippen molar-refractivity contribution in [3.63, 3.8) is 0 Å². The normalized spacial score (nSPS) is 22.2. The first-order valence-corrected chi connectivity index (χ1v) is 7.83. The van der Waals surface area contributed by atoms with Crippen molar-refractivity contribution < 1.29 is 9.59 Å². The van der Waals surface area contributed by atoms with Crippen LogP contribution in [0.2, 0.25) is 5.02 Å². The third kappa shape index (κ3) is 3.21. The molecule has 1 aromatic rings. The second kappa shape index (κ2) is 6.06. The van der Waals surface area contributed by atoms with Gasteiger partial charge in [-0.3, -0.25) is 9.59 Å². The van der Waals surface area contributed by atoms with E-state index < -0.39 is 0 Å². The number of amides is 2. The van der Waals surface area contributed by atoms with Gasteiger partial charge in [-0.1, -0.05) is 36.2 Å². The standard InChI is InChI=1S/C16H19ClN2O2/c17-14-7-2-1-4-12(14)9-19-10-13(8-15(19)20)18-16(21)11-5-3-6-11/h1-2,4,7,11,13H,3,5-6,8-10H2,(H,18,21). The quantitative estimate of drug-likeness (QED) is 0.928. The van der Waals surface area contributed by atoms with E-state index >= 15 is 0 Å². The molecule has 1 N–H and O–H groups in total. The van der Waals surface area contributed by atoms with Crippen molar-refractivity contribution in [1.82, 2.24) is 10.2 Å². The molecule has 1 unspecified atom stereocenters. The van der Waals surface area contributed by atoms with Crippen molar-refractivity contribution in [1.29, 1.82) is 0 Å². The van der Waals surface area contributed by atoms with Crippen LogP contribution >= 0.6 is 11.6 Å². The summed E-state index contributed by atoms with van der Waals surface area (Å²) >= 11 is 6.13. The highest BCUT2D eigenvalue weighted by atomic mass is 35.5. The number of hydrogen-bond donors (Lipinski definition) is 1. The zero-order valence-corrected chi connectivity index (χ0v) is 12.6. The lowest BCUT2D eigenvalue weighted by molar-refractivity contribution is -0.128. The molecule has 0 aromatic heterocycles. The van der Waals surface area contributed by atoms with Crippen LogP contribution in [-0.4, -0.2) is 29.3 Å². The van der Waals surface area contributed by atoms with Crippen LogP contribution < -0.4 is 5.32 Å². The van der Waals surface area contributed by atoms with Gasteiger partial charge in [-0.2, -0.15) is 0 Å². The van der Waals surface area contributed by atoms with Crippen molar-refractivity contribution in [3.8, 4) is 0 Å². The van der Waals surface area contributed by atoms with Crippen molar-refractivity contribution in [2.75, 3.05) is 6.54 Å². The minimum atomic E-state index is -0.0620. The van der Waals surface area contributed by atoms with E-state index in [9.17, 15) is 9.59 Å². The van der Waals surface area contributed by atoms with Gasteiger partial charge in [-0.15, -0.1) is 0 Å². The number of carbonyl (C=O) groups is 2. The molecule has 1 aliphatic carbocycles. The van der Waals surface area contributed by atoms with Gasteiger partial charge in [-0.05, 0) is 24.5 Å². The van der Waals surface area contributed by atoms with Gasteiger partial charge in [0.25, 0.3) is 0 Å². The largest absolute Gasteiger partial charge is 0.351 e. The Labute approximate surface area is 129 Å². The molecule has 1 aliphatic heterocycles. The molecular formula is C16H19ClN2O2. The molecule has 3 rings (SSSR count). The molecular weight excluding hydrogens is 288 g/mol. The van der Waals surface area contributed by atoms with Crippen LogP contribution in [0.25, 0.3) is 0 Å². The Hall–Kier alpha value is -1.55. The molecule has 5 heteroatoms. The molecule has 0 spiro atoms. The second-order valence-electron chi connectivity index (χ2n) is 5.90. The Morgan fingerprint density at radius 1 is 1.33 bits per heavy atom. The number of hydrogen-bond acceptors (Lipinski definition) is 2. The van der Waals surface area contributed by atoms with Crippen molar-refractivity contribution >= 4 is 23.4 Å². The van der Waals surface area contributed by atoms with Crippen LogP contribution in [0.15, 0.2) is 24.3 Å². The summed E-state index contributed by atoms with van der Waals surface area (Å²) in [6, 6.07) is 7.48. The first-order valence-electron chi connectivity index (χ1n) is 7.45. The summed E-state index contributed by atoms with van der Waals surface area (Å²) in [7, 11) is 0. The van der Waals surface area contributed by atoms with E-state index in [1.54, 1.807) is 4.90 Å². The maximum Gasteiger partial charge on any atom is 0.225 e. The van der Waals surface area contributed by atoms with Crippen LogP contribution in [-0.2, 0) is 16.1 Å². The number of benzene rings is 1. The summed E-state index contributed by atoms with van der Waals surface area (Å²) in [6.07, 6.45) is 3.49. The lowest BCUT2D eigenvalue weighted by Crippen LogP contribution is -2.42. The number of nitrogens with zero attached hydrogens (tertiary/aromatic N) is 1. The Kier molecular flexibility index (Phi) is 4.15. The van der Waals surface area contributed by atoms with E-state index in [-0.39, 0.29) is 23.8 Å². The van der Waals surface area contributed by atoms with Crippen LogP contribution in [0.4, 0.5) is 0 Å². The average Bonchev–Trinajstić information content (AvgIpc) is 2.70. The van der Waals surface area contributed by atoms with Gasteiger partial charge in [0.15, 0.2) is 0 Å². The summed E-state index contributed by atoms with van der Waals surface area (Å²) in [6.45, 7) is 1.08. The lowest BCUT2D eigenvalue weighted by atomic mass is 9.84. The molecule has 4 nitrogen and oxygen atoms in total. The van der Waals surface area contributed by atoms with E-state index in [4.69, 9.17) is 11.6 Å². The van der Waals surface area contributed by atoms with Crippen LogP contribution in [0.1, 0.15) is 31.2 Å². The highest BCUT2D eigenvalue weighted by Gasteiger charge is 2.33. The molecule has 1 atom stereocenters. The second-order valence-corrected chi connectivity index (χ2v) is 6.31. The number of likely N-dealkylation sites (tertiary alicyclic amines) is 1. The predicted molar refractivity (Wildman–Crippen MR) is 80.8 cm³/mol. The van der Waals surface area contributed by atoms with Crippen LogP contribution in [0.3, 0.4) is 0 Å². The highest BCUT2D eigenvalue weighted by molar-refractivity contribution is 6.31. The molecule has 1 aromatic carbocycles. The first-order chi connectivity index (χ1) is 10.1. The fourth-order valence-electron chi connectivity index (χ4n) is 2.84. The van der Waals surface area contributed by atoms with Gasteiger partial charge in [0.2, 0.25) is 11.8 Å². The van der Waals surface area contributed by atoms with Gasteiger partial charge in [0, 0.05) is 30.5 Å². The molecule has 2 fully saturated rings. The zero-order valence-electron chi connectivity index (χ0n) is 11.8. The molecule has 0 radical (unpaired) electrons. The summed E-state index contributed by atoms with van der Waals surface area (Å²) in [5.41, 5.74) is 0.943. The summed E-state index contributed by atoms with van der Waals surface area (Å²) in [4.78, 5) is 25.8. The molecule has 2 aliphatic rings. The third-order valence-electron chi connectivity index (χ3n) is 4.36. The van der Waals surface area contributed by atoms with E-state index in [2.05, 4.69) is 5.32 Å². The Balaban J connectivity index is 1.57. The number of halogens is 1. The van der Waals surface area contributed by atoms with Crippen molar-refractivity contribution in [2.24, 2.45) is 5.92 Å². The molecule has 112 valence electrons. The topological polar surface area (TPSA) is 49.4 Å². The minimum Gasteiger partial charge on any atom is -0.351 e.